The van der Waals surface area contributed by atoms with Gasteiger partial charge in [-0.25, -0.2) is 0 Å². The first-order chi connectivity index (χ1) is 19.4. The second kappa shape index (κ2) is 16.8. The zero-order valence-corrected chi connectivity index (χ0v) is 26.2. The molecule has 0 aromatic heterocycles. The molecule has 0 saturated carbocycles. The van der Waals surface area contributed by atoms with E-state index >= 15 is 0 Å². The monoisotopic (exact) mass is 600 g/mol. The van der Waals surface area contributed by atoms with E-state index in [0.717, 1.165) is 0 Å². The van der Waals surface area contributed by atoms with Gasteiger partial charge < -0.3 is 10.2 Å². The number of hydrogen-bond donors (Lipinski definition) is 6. The van der Waals surface area contributed by atoms with E-state index in [1.165, 1.54) is 0 Å². The minimum atomic E-state index is -3.46. The third-order valence-corrected chi connectivity index (χ3v) is 11.3. The molecule has 41 heavy (non-hydrogen) atoms. The van der Waals surface area contributed by atoms with Gasteiger partial charge in [-0.3, -0.25) is 0 Å². The Balaban J connectivity index is 0.000000219. The van der Waals surface area contributed by atoms with Crippen molar-refractivity contribution >= 4 is 36.7 Å². The number of rotatable bonds is 8. The van der Waals surface area contributed by atoms with Crippen molar-refractivity contribution < 1.29 is 29.8 Å². The molecule has 0 heterocycles. The van der Waals surface area contributed by atoms with Gasteiger partial charge in [-0.2, -0.15) is 0 Å². The summed E-state index contributed by atoms with van der Waals surface area (Å²) in [6.07, 6.45) is -0.241. The van der Waals surface area contributed by atoms with Gasteiger partial charge in [-0.15, -0.1) is 0 Å². The Hall–Kier alpha value is -2.50. The second-order valence-electron chi connectivity index (χ2n) is 10.7. The standard InChI is InChI=1S/2C12H13O2P.C9H20O2/c2*13-15(14,11-7-3-1-4-8-11)12-9-5-2-6-10-12;1-6(2)8(10)5-9(11)7(3)4/h2*1-10,13-15H;6-11H,5H2,1-4H3. The number of hydrogen-bond acceptors (Lipinski definition) is 6. The summed E-state index contributed by atoms with van der Waals surface area (Å²) in [5.74, 6) is 0.479. The van der Waals surface area contributed by atoms with Crippen molar-refractivity contribution in [3.05, 3.63) is 121 Å². The van der Waals surface area contributed by atoms with E-state index in [2.05, 4.69) is 0 Å². The topological polar surface area (TPSA) is 121 Å². The molecule has 8 heteroatoms. The maximum atomic E-state index is 10.2. The van der Waals surface area contributed by atoms with Gasteiger partial charge in [-0.05, 0) is 18.3 Å². The fraction of sp³-hybridized carbons (Fsp3) is 0.273. The van der Waals surface area contributed by atoms with E-state index in [9.17, 15) is 29.8 Å². The van der Waals surface area contributed by atoms with Gasteiger partial charge in [0.25, 0.3) is 0 Å². The molecule has 6 nitrogen and oxygen atoms in total. The molecule has 2 unspecified atom stereocenters. The van der Waals surface area contributed by atoms with Crippen LogP contribution in [0.1, 0.15) is 34.1 Å². The van der Waals surface area contributed by atoms with Crippen molar-refractivity contribution in [2.24, 2.45) is 11.8 Å². The Morgan fingerprint density at radius 1 is 0.415 bits per heavy atom. The Morgan fingerprint density at radius 2 is 0.610 bits per heavy atom. The second-order valence-corrected chi connectivity index (χ2v) is 15.7. The summed E-state index contributed by atoms with van der Waals surface area (Å²) in [5, 5.41) is 21.2. The SMILES string of the molecule is CC(C)C(O)CC(O)C(C)C.O[PH](O)(c1ccccc1)c1ccccc1.O[PH](O)(c1ccccc1)c1ccccc1. The van der Waals surface area contributed by atoms with Gasteiger partial charge in [0.1, 0.15) is 0 Å². The van der Waals surface area contributed by atoms with Gasteiger partial charge in [0.05, 0.1) is 12.2 Å². The van der Waals surface area contributed by atoms with Crippen LogP contribution in [-0.2, 0) is 0 Å². The van der Waals surface area contributed by atoms with E-state index in [0.29, 0.717) is 27.6 Å². The van der Waals surface area contributed by atoms with E-state index in [-0.39, 0.29) is 24.0 Å². The van der Waals surface area contributed by atoms with Crippen molar-refractivity contribution in [2.45, 2.75) is 46.3 Å². The Labute approximate surface area is 245 Å². The molecule has 0 bridgehead atoms. The minimum absolute atomic E-state index is 0.239. The molecule has 4 rings (SSSR count). The average Bonchev–Trinajstić information content (AvgIpc) is 2.99. The van der Waals surface area contributed by atoms with Crippen LogP contribution in [0.3, 0.4) is 0 Å². The number of aliphatic hydroxyl groups is 2. The third kappa shape index (κ3) is 11.0. The number of benzene rings is 4. The fourth-order valence-corrected chi connectivity index (χ4v) is 7.10. The van der Waals surface area contributed by atoms with Crippen LogP contribution in [0.4, 0.5) is 0 Å². The van der Waals surface area contributed by atoms with E-state index in [1.807, 2.05) is 100 Å². The summed E-state index contributed by atoms with van der Waals surface area (Å²) in [7, 11) is -6.91. The van der Waals surface area contributed by atoms with Crippen LogP contribution in [0.15, 0.2) is 121 Å². The molecule has 4 aromatic rings. The fourth-order valence-electron chi connectivity index (χ4n) is 3.81. The summed E-state index contributed by atoms with van der Waals surface area (Å²) in [6.45, 7) is 7.82. The van der Waals surface area contributed by atoms with Crippen LogP contribution in [-0.4, -0.2) is 42.0 Å². The van der Waals surface area contributed by atoms with Crippen molar-refractivity contribution in [1.82, 2.24) is 0 Å². The van der Waals surface area contributed by atoms with Gasteiger partial charge in [0, 0.05) is 0 Å². The van der Waals surface area contributed by atoms with Crippen LogP contribution in [0.2, 0.25) is 0 Å². The molecule has 0 aliphatic heterocycles. The van der Waals surface area contributed by atoms with Crippen molar-refractivity contribution in [2.75, 3.05) is 0 Å². The summed E-state index contributed by atoms with van der Waals surface area (Å²) < 4.78 is 0. The Bertz CT molecular complexity index is 1060. The molecule has 0 aliphatic rings. The van der Waals surface area contributed by atoms with E-state index in [1.54, 1.807) is 48.5 Å². The summed E-state index contributed by atoms with van der Waals surface area (Å²) >= 11 is 0. The summed E-state index contributed by atoms with van der Waals surface area (Å²) in [5.41, 5.74) is 0. The first kappa shape index (κ1) is 34.7. The molecule has 0 amide bonds. The molecule has 0 saturated heterocycles. The van der Waals surface area contributed by atoms with Crippen LogP contribution < -0.4 is 21.2 Å². The van der Waals surface area contributed by atoms with Gasteiger partial charge in [0.15, 0.2) is 0 Å². The van der Waals surface area contributed by atoms with Crippen molar-refractivity contribution in [3.63, 3.8) is 0 Å². The van der Waals surface area contributed by atoms with Gasteiger partial charge >= 0.3 is 178 Å². The zero-order valence-electron chi connectivity index (χ0n) is 24.2. The molecule has 224 valence electrons. The van der Waals surface area contributed by atoms with Crippen LogP contribution in [0.25, 0.3) is 0 Å². The van der Waals surface area contributed by atoms with Crippen LogP contribution >= 0.6 is 15.4 Å². The average molecular weight is 601 g/mol. The molecule has 0 fully saturated rings. The summed E-state index contributed by atoms with van der Waals surface area (Å²) in [6, 6.07) is 35.9. The first-order valence-corrected chi connectivity index (χ1v) is 17.6. The molecule has 0 spiro atoms. The molecular formula is C33H46O6P2. The third-order valence-electron chi connectivity index (χ3n) is 6.73. The van der Waals surface area contributed by atoms with Crippen LogP contribution in [0, 0.1) is 11.8 Å². The maximum absolute atomic E-state index is 10.2. The Kier molecular flexibility index (Phi) is 14.2. The Morgan fingerprint density at radius 3 is 0.780 bits per heavy atom. The predicted octanol–water partition coefficient (Wildman–Crippen LogP) is 3.81. The molecule has 6 N–H and O–H groups in total. The molecule has 2 atom stereocenters. The van der Waals surface area contributed by atoms with E-state index < -0.39 is 15.4 Å². The molecular weight excluding hydrogens is 554 g/mol. The van der Waals surface area contributed by atoms with E-state index in [4.69, 9.17) is 0 Å². The van der Waals surface area contributed by atoms with Crippen molar-refractivity contribution in [1.29, 1.82) is 0 Å². The number of aliphatic hydroxyl groups excluding tert-OH is 2. The predicted molar refractivity (Wildman–Crippen MR) is 176 cm³/mol. The summed E-state index contributed by atoms with van der Waals surface area (Å²) in [4.78, 5) is 40.6. The molecule has 0 radical (unpaired) electrons. The first-order valence-electron chi connectivity index (χ1n) is 13.8. The quantitative estimate of drug-likeness (QED) is 0.171. The van der Waals surface area contributed by atoms with Crippen molar-refractivity contribution in [3.8, 4) is 0 Å². The van der Waals surface area contributed by atoms with Gasteiger partial charge in [-0.1, -0.05) is 27.7 Å². The van der Waals surface area contributed by atoms with Gasteiger partial charge in [0.2, 0.25) is 0 Å². The molecule has 0 aliphatic carbocycles. The zero-order chi connectivity index (χ0) is 30.5. The normalized spacial score (nSPS) is 13.8. The van der Waals surface area contributed by atoms with Crippen LogP contribution in [0.5, 0.6) is 0 Å². The molecule has 4 aromatic carbocycles.